The molecule has 0 radical (unpaired) electrons. The zero-order valence-corrected chi connectivity index (χ0v) is 9.89. The first-order valence-electron chi connectivity index (χ1n) is 5.54. The van der Waals surface area contributed by atoms with E-state index in [2.05, 4.69) is 0 Å². The first-order chi connectivity index (χ1) is 7.92. The first-order valence-corrected chi connectivity index (χ1v) is 5.54. The summed E-state index contributed by atoms with van der Waals surface area (Å²) in [6.45, 7) is 5.60. The maximum Gasteiger partial charge on any atom is 0.276 e. The Balaban J connectivity index is 2.16. The Kier molecular flexibility index (Phi) is 1.85. The molecule has 0 aliphatic carbocycles. The van der Waals surface area contributed by atoms with Crippen LogP contribution in [0.25, 0.3) is 0 Å². The smallest absolute Gasteiger partial charge is 0.276 e. The highest BCUT2D eigenvalue weighted by atomic mass is 16.6. The fourth-order valence-electron chi connectivity index (χ4n) is 2.46. The van der Waals surface area contributed by atoms with Crippen molar-refractivity contribution < 1.29 is 14.4 Å². The Morgan fingerprint density at radius 3 is 2.76 bits per heavy atom. The van der Waals surface area contributed by atoms with E-state index in [1.807, 2.05) is 13.8 Å². The van der Waals surface area contributed by atoms with Crippen LogP contribution in [-0.2, 0) is 4.74 Å². The van der Waals surface area contributed by atoms with Crippen molar-refractivity contribution in [3.8, 4) is 5.75 Å². The standard InChI is InChI=1S/C12H13NO4/c1-6-8(13(14)15)5-4-7-9(6)17-12(2,3)11-10(7)16-11/h4-5,10-11H,1-3H3. The molecule has 2 heterocycles. The van der Waals surface area contributed by atoms with Crippen molar-refractivity contribution in [2.45, 2.75) is 38.6 Å². The van der Waals surface area contributed by atoms with E-state index >= 15 is 0 Å². The van der Waals surface area contributed by atoms with Crippen molar-refractivity contribution >= 4 is 5.69 Å². The number of hydrogen-bond acceptors (Lipinski definition) is 4. The summed E-state index contributed by atoms with van der Waals surface area (Å²) in [4.78, 5) is 10.5. The lowest BCUT2D eigenvalue weighted by Gasteiger charge is -2.30. The molecule has 2 aliphatic rings. The Morgan fingerprint density at radius 2 is 2.12 bits per heavy atom. The number of ether oxygens (including phenoxy) is 2. The molecule has 0 aromatic heterocycles. The minimum absolute atomic E-state index is 0.0354. The van der Waals surface area contributed by atoms with Gasteiger partial charge in [-0.2, -0.15) is 0 Å². The van der Waals surface area contributed by atoms with Crippen LogP contribution in [0.5, 0.6) is 5.75 Å². The molecule has 2 atom stereocenters. The van der Waals surface area contributed by atoms with Crippen LogP contribution >= 0.6 is 0 Å². The van der Waals surface area contributed by atoms with Crippen LogP contribution in [0.1, 0.15) is 31.1 Å². The van der Waals surface area contributed by atoms with Crippen LogP contribution in [-0.4, -0.2) is 16.6 Å². The van der Waals surface area contributed by atoms with Crippen molar-refractivity contribution in [1.82, 2.24) is 0 Å². The van der Waals surface area contributed by atoms with Crippen LogP contribution < -0.4 is 4.74 Å². The Labute approximate surface area is 98.5 Å². The number of nitro benzene ring substituents is 1. The van der Waals surface area contributed by atoms with Gasteiger partial charge in [-0.25, -0.2) is 0 Å². The van der Waals surface area contributed by atoms with Crippen LogP contribution in [0, 0.1) is 17.0 Å². The van der Waals surface area contributed by atoms with Crippen molar-refractivity contribution in [3.05, 3.63) is 33.4 Å². The summed E-state index contributed by atoms with van der Waals surface area (Å²) in [6, 6.07) is 3.26. The van der Waals surface area contributed by atoms with Crippen LogP contribution in [0.3, 0.4) is 0 Å². The Hall–Kier alpha value is -1.62. The molecule has 0 saturated carbocycles. The van der Waals surface area contributed by atoms with Crippen LogP contribution in [0.15, 0.2) is 12.1 Å². The van der Waals surface area contributed by atoms with Gasteiger partial charge in [-0.3, -0.25) is 10.1 Å². The number of fused-ring (bicyclic) bond motifs is 3. The maximum atomic E-state index is 10.9. The van der Waals surface area contributed by atoms with Gasteiger partial charge in [0.05, 0.1) is 10.5 Å². The highest BCUT2D eigenvalue weighted by Crippen LogP contribution is 2.55. The van der Waals surface area contributed by atoms with E-state index in [4.69, 9.17) is 9.47 Å². The molecule has 0 N–H and O–H groups in total. The van der Waals surface area contributed by atoms with E-state index in [1.54, 1.807) is 13.0 Å². The van der Waals surface area contributed by atoms with E-state index in [9.17, 15) is 10.1 Å². The summed E-state index contributed by atoms with van der Waals surface area (Å²) in [5.41, 5.74) is 1.18. The average Bonchev–Trinajstić information content (AvgIpc) is 2.99. The summed E-state index contributed by atoms with van der Waals surface area (Å²) in [5, 5.41) is 10.9. The second-order valence-electron chi connectivity index (χ2n) is 5.07. The molecule has 5 nitrogen and oxygen atoms in total. The van der Waals surface area contributed by atoms with Crippen molar-refractivity contribution in [1.29, 1.82) is 0 Å². The predicted molar refractivity (Wildman–Crippen MR) is 60.2 cm³/mol. The average molecular weight is 235 g/mol. The van der Waals surface area contributed by atoms with Gasteiger partial charge in [0, 0.05) is 11.6 Å². The summed E-state index contributed by atoms with van der Waals surface area (Å²) in [6.07, 6.45) is 0.101. The quantitative estimate of drug-likeness (QED) is 0.426. The SMILES string of the molecule is Cc1c([N+](=O)[O-])ccc2c1OC(C)(C)C1OC21. The number of rotatable bonds is 1. The number of benzene rings is 1. The molecular formula is C12H13NO4. The lowest BCUT2D eigenvalue weighted by atomic mass is 9.92. The molecule has 0 bridgehead atoms. The molecule has 17 heavy (non-hydrogen) atoms. The zero-order valence-electron chi connectivity index (χ0n) is 9.89. The van der Waals surface area contributed by atoms with E-state index in [1.165, 1.54) is 6.07 Å². The third kappa shape index (κ3) is 1.35. The zero-order chi connectivity index (χ0) is 12.4. The van der Waals surface area contributed by atoms with Gasteiger partial charge >= 0.3 is 0 Å². The van der Waals surface area contributed by atoms with Gasteiger partial charge < -0.3 is 9.47 Å². The van der Waals surface area contributed by atoms with Crippen molar-refractivity contribution in [3.63, 3.8) is 0 Å². The monoisotopic (exact) mass is 235 g/mol. The third-order valence-corrected chi connectivity index (χ3v) is 3.45. The molecule has 1 aromatic carbocycles. The number of hydrogen-bond donors (Lipinski definition) is 0. The van der Waals surface area contributed by atoms with E-state index in [-0.39, 0.29) is 22.8 Å². The van der Waals surface area contributed by atoms with Gasteiger partial charge in [0.15, 0.2) is 0 Å². The molecule has 5 heteroatoms. The highest BCUT2D eigenvalue weighted by Gasteiger charge is 2.57. The lowest BCUT2D eigenvalue weighted by Crippen LogP contribution is -2.38. The topological polar surface area (TPSA) is 64.9 Å². The van der Waals surface area contributed by atoms with Gasteiger partial charge in [-0.1, -0.05) is 0 Å². The maximum absolute atomic E-state index is 10.9. The largest absolute Gasteiger partial charge is 0.484 e. The summed E-state index contributed by atoms with van der Waals surface area (Å²) in [7, 11) is 0. The van der Waals surface area contributed by atoms with Gasteiger partial charge in [0.2, 0.25) is 0 Å². The highest BCUT2D eigenvalue weighted by molar-refractivity contribution is 5.56. The molecule has 90 valence electrons. The molecule has 0 spiro atoms. The second-order valence-corrected chi connectivity index (χ2v) is 5.07. The fourth-order valence-corrected chi connectivity index (χ4v) is 2.46. The summed E-state index contributed by atoms with van der Waals surface area (Å²) in [5.74, 6) is 0.614. The summed E-state index contributed by atoms with van der Waals surface area (Å²) >= 11 is 0. The van der Waals surface area contributed by atoms with E-state index < -0.39 is 5.60 Å². The first kappa shape index (κ1) is 10.5. The Morgan fingerprint density at radius 1 is 1.41 bits per heavy atom. The molecule has 1 aromatic rings. The van der Waals surface area contributed by atoms with Crippen molar-refractivity contribution in [2.75, 3.05) is 0 Å². The van der Waals surface area contributed by atoms with E-state index in [0.29, 0.717) is 11.3 Å². The lowest BCUT2D eigenvalue weighted by molar-refractivity contribution is -0.385. The molecule has 0 amide bonds. The van der Waals surface area contributed by atoms with Crippen molar-refractivity contribution in [2.24, 2.45) is 0 Å². The molecule has 2 aliphatic heterocycles. The predicted octanol–water partition coefficient (Wildman–Crippen LogP) is 2.51. The normalized spacial score (nSPS) is 27.7. The van der Waals surface area contributed by atoms with Crippen LogP contribution in [0.4, 0.5) is 5.69 Å². The number of nitrogens with zero attached hydrogens (tertiary/aromatic N) is 1. The molecule has 1 fully saturated rings. The van der Waals surface area contributed by atoms with Gasteiger partial charge in [-0.15, -0.1) is 0 Å². The minimum Gasteiger partial charge on any atom is -0.484 e. The van der Waals surface area contributed by atoms with Gasteiger partial charge in [0.25, 0.3) is 5.69 Å². The number of nitro groups is 1. The molecular weight excluding hydrogens is 222 g/mol. The Bertz CT molecular complexity index is 523. The second kappa shape index (κ2) is 2.98. The minimum atomic E-state index is -0.419. The van der Waals surface area contributed by atoms with Crippen LogP contribution in [0.2, 0.25) is 0 Å². The van der Waals surface area contributed by atoms with E-state index in [0.717, 1.165) is 5.56 Å². The summed E-state index contributed by atoms with van der Waals surface area (Å²) < 4.78 is 11.4. The number of epoxide rings is 1. The van der Waals surface area contributed by atoms with Gasteiger partial charge in [-0.05, 0) is 26.8 Å². The molecule has 2 unspecified atom stereocenters. The molecule has 1 saturated heterocycles. The molecule has 3 rings (SSSR count). The van der Waals surface area contributed by atoms with Gasteiger partial charge in [0.1, 0.15) is 23.6 Å². The fraction of sp³-hybridized carbons (Fsp3) is 0.500. The third-order valence-electron chi connectivity index (χ3n) is 3.45.